The van der Waals surface area contributed by atoms with Gasteiger partial charge in [-0.3, -0.25) is 0 Å². The molecule has 1 nitrogen and oxygen atoms in total. The largest absolute Gasteiger partial charge is 0.308 e. The lowest BCUT2D eigenvalue weighted by molar-refractivity contribution is 0.492. The average Bonchev–Trinajstić information content (AvgIpc) is 3.06. The van der Waals surface area contributed by atoms with Crippen LogP contribution in [0.5, 0.6) is 0 Å². The lowest BCUT2D eigenvalue weighted by Crippen LogP contribution is -2.32. The third-order valence-corrected chi connectivity index (χ3v) is 7.19. The zero-order chi connectivity index (χ0) is 11.5. The molecule has 2 atom stereocenters. The molecule has 1 saturated heterocycles. The number of thiophene rings is 1. The summed E-state index contributed by atoms with van der Waals surface area (Å²) in [6, 6.07) is 5.12. The average molecular weight is 286 g/mol. The van der Waals surface area contributed by atoms with Crippen molar-refractivity contribution >= 4 is 34.9 Å². The fourth-order valence-corrected chi connectivity index (χ4v) is 5.83. The Bertz CT molecular complexity index is 328. The summed E-state index contributed by atoms with van der Waals surface area (Å²) in [5.41, 5.74) is 0. The van der Waals surface area contributed by atoms with Gasteiger partial charge < -0.3 is 5.32 Å². The Morgan fingerprint density at radius 1 is 1.35 bits per heavy atom. The molecular formula is C13H19NS3. The molecule has 17 heavy (non-hydrogen) atoms. The molecule has 0 spiro atoms. The summed E-state index contributed by atoms with van der Waals surface area (Å²) >= 11 is 6.18. The van der Waals surface area contributed by atoms with E-state index in [4.69, 9.17) is 0 Å². The second-order valence-corrected chi connectivity index (χ2v) is 8.34. The molecule has 2 unspecified atom stereocenters. The van der Waals surface area contributed by atoms with Crippen LogP contribution in [-0.4, -0.2) is 29.1 Å². The Morgan fingerprint density at radius 2 is 2.29 bits per heavy atom. The summed E-state index contributed by atoms with van der Waals surface area (Å²) in [4.78, 5) is 1.54. The molecule has 2 heterocycles. The van der Waals surface area contributed by atoms with Crippen LogP contribution in [0.2, 0.25) is 0 Å². The van der Waals surface area contributed by atoms with Crippen LogP contribution >= 0.6 is 34.9 Å². The minimum atomic E-state index is 0.641. The minimum absolute atomic E-state index is 0.641. The SMILES string of the molecule is c1csc(C(NCC2CSCCS2)C2CC2)c1. The summed E-state index contributed by atoms with van der Waals surface area (Å²) in [6.07, 6.45) is 2.84. The Morgan fingerprint density at radius 3 is 2.94 bits per heavy atom. The van der Waals surface area contributed by atoms with Crippen LogP contribution in [-0.2, 0) is 0 Å². The van der Waals surface area contributed by atoms with Gasteiger partial charge in [-0.15, -0.1) is 11.3 Å². The molecule has 1 aromatic rings. The van der Waals surface area contributed by atoms with Gasteiger partial charge in [0.1, 0.15) is 0 Å². The molecule has 1 N–H and O–H groups in total. The van der Waals surface area contributed by atoms with E-state index in [0.717, 1.165) is 11.2 Å². The van der Waals surface area contributed by atoms with E-state index in [9.17, 15) is 0 Å². The summed E-state index contributed by atoms with van der Waals surface area (Å²) in [5, 5.41) is 6.86. The van der Waals surface area contributed by atoms with Gasteiger partial charge in [-0.2, -0.15) is 23.5 Å². The van der Waals surface area contributed by atoms with Gasteiger partial charge in [0.05, 0.1) is 0 Å². The molecule has 0 aromatic carbocycles. The summed E-state index contributed by atoms with van der Waals surface area (Å²) in [5.74, 6) is 4.93. The van der Waals surface area contributed by atoms with E-state index in [0.29, 0.717) is 6.04 Å². The quantitative estimate of drug-likeness (QED) is 0.887. The summed E-state index contributed by atoms with van der Waals surface area (Å²) in [6.45, 7) is 1.19. The van der Waals surface area contributed by atoms with Crippen LogP contribution in [0.4, 0.5) is 0 Å². The normalized spacial score (nSPS) is 26.9. The number of thioether (sulfide) groups is 2. The van der Waals surface area contributed by atoms with Crippen molar-refractivity contribution in [3.8, 4) is 0 Å². The molecule has 1 aliphatic carbocycles. The van der Waals surface area contributed by atoms with Crippen LogP contribution in [0.3, 0.4) is 0 Å². The predicted octanol–water partition coefficient (Wildman–Crippen LogP) is 3.64. The molecular weight excluding hydrogens is 266 g/mol. The number of rotatable bonds is 5. The van der Waals surface area contributed by atoms with Crippen LogP contribution < -0.4 is 5.32 Å². The second kappa shape index (κ2) is 6.00. The van der Waals surface area contributed by atoms with Crippen LogP contribution in [0.15, 0.2) is 17.5 Å². The smallest absolute Gasteiger partial charge is 0.0443 e. The molecule has 2 fully saturated rings. The Hall–Kier alpha value is 0.360. The highest BCUT2D eigenvalue weighted by Gasteiger charge is 2.33. The molecule has 94 valence electrons. The molecule has 4 heteroatoms. The van der Waals surface area contributed by atoms with Crippen molar-refractivity contribution in [3.63, 3.8) is 0 Å². The van der Waals surface area contributed by atoms with E-state index in [2.05, 4.69) is 46.4 Å². The second-order valence-electron chi connectivity index (χ2n) is 4.81. The first-order chi connectivity index (χ1) is 8.43. The third kappa shape index (κ3) is 3.43. The lowest BCUT2D eigenvalue weighted by atomic mass is 10.1. The van der Waals surface area contributed by atoms with E-state index < -0.39 is 0 Å². The van der Waals surface area contributed by atoms with Crippen LogP contribution in [0.25, 0.3) is 0 Å². The summed E-state index contributed by atoms with van der Waals surface area (Å²) in [7, 11) is 0. The van der Waals surface area contributed by atoms with Crippen LogP contribution in [0.1, 0.15) is 23.8 Å². The monoisotopic (exact) mass is 285 g/mol. The predicted molar refractivity (Wildman–Crippen MR) is 81.4 cm³/mol. The Balaban J connectivity index is 1.54. The maximum Gasteiger partial charge on any atom is 0.0443 e. The lowest BCUT2D eigenvalue weighted by Gasteiger charge is -2.24. The van der Waals surface area contributed by atoms with Crippen LogP contribution in [0, 0.1) is 5.92 Å². The molecule has 1 aromatic heterocycles. The zero-order valence-electron chi connectivity index (χ0n) is 9.93. The van der Waals surface area contributed by atoms with Gasteiger partial charge in [-0.25, -0.2) is 0 Å². The standard InChI is InChI=1S/C13H19NS3/c1-2-12(17-5-1)13(10-3-4-10)14-8-11-9-15-6-7-16-11/h1-2,5,10-11,13-14H,3-4,6-9H2. The number of hydrogen-bond acceptors (Lipinski definition) is 4. The van der Waals surface area contributed by atoms with Crippen molar-refractivity contribution in [2.75, 3.05) is 23.8 Å². The van der Waals surface area contributed by atoms with Gasteiger partial charge in [0.15, 0.2) is 0 Å². The van der Waals surface area contributed by atoms with Crippen molar-refractivity contribution < 1.29 is 0 Å². The molecule has 0 radical (unpaired) electrons. The first-order valence-electron chi connectivity index (χ1n) is 6.39. The van der Waals surface area contributed by atoms with Crippen molar-refractivity contribution in [2.24, 2.45) is 5.92 Å². The molecule has 1 aliphatic heterocycles. The van der Waals surface area contributed by atoms with Crippen molar-refractivity contribution in [3.05, 3.63) is 22.4 Å². The van der Waals surface area contributed by atoms with Crippen molar-refractivity contribution in [1.82, 2.24) is 5.32 Å². The highest BCUT2D eigenvalue weighted by Crippen LogP contribution is 2.42. The minimum Gasteiger partial charge on any atom is -0.308 e. The third-order valence-electron chi connectivity index (χ3n) is 3.39. The molecule has 3 rings (SSSR count). The Labute approximate surface area is 116 Å². The highest BCUT2D eigenvalue weighted by molar-refractivity contribution is 8.06. The number of nitrogens with one attached hydrogen (secondary N) is 1. The van der Waals surface area contributed by atoms with E-state index in [1.165, 1.54) is 36.6 Å². The fraction of sp³-hybridized carbons (Fsp3) is 0.692. The maximum absolute atomic E-state index is 3.83. The van der Waals surface area contributed by atoms with Crippen molar-refractivity contribution in [2.45, 2.75) is 24.1 Å². The van der Waals surface area contributed by atoms with Gasteiger partial charge in [-0.05, 0) is 30.2 Å². The molecule has 1 saturated carbocycles. The molecule has 0 amide bonds. The van der Waals surface area contributed by atoms with Gasteiger partial charge >= 0.3 is 0 Å². The van der Waals surface area contributed by atoms with Gasteiger partial charge in [0.25, 0.3) is 0 Å². The van der Waals surface area contributed by atoms with E-state index in [-0.39, 0.29) is 0 Å². The number of hydrogen-bond donors (Lipinski definition) is 1. The van der Waals surface area contributed by atoms with Crippen molar-refractivity contribution in [1.29, 1.82) is 0 Å². The van der Waals surface area contributed by atoms with E-state index >= 15 is 0 Å². The highest BCUT2D eigenvalue weighted by atomic mass is 32.2. The zero-order valence-corrected chi connectivity index (χ0v) is 12.4. The maximum atomic E-state index is 3.83. The van der Waals surface area contributed by atoms with Gasteiger partial charge in [0, 0.05) is 40.0 Å². The topological polar surface area (TPSA) is 12.0 Å². The van der Waals surface area contributed by atoms with E-state index in [1.807, 2.05) is 11.3 Å². The summed E-state index contributed by atoms with van der Waals surface area (Å²) < 4.78 is 0. The first-order valence-corrected chi connectivity index (χ1v) is 9.48. The van der Waals surface area contributed by atoms with Gasteiger partial charge in [0.2, 0.25) is 0 Å². The molecule has 0 bridgehead atoms. The molecule has 2 aliphatic rings. The Kier molecular flexibility index (Phi) is 4.38. The van der Waals surface area contributed by atoms with Gasteiger partial charge in [-0.1, -0.05) is 6.07 Å². The fourth-order valence-electron chi connectivity index (χ4n) is 2.31. The van der Waals surface area contributed by atoms with E-state index in [1.54, 1.807) is 4.88 Å². The first kappa shape index (κ1) is 12.4.